The molecule has 5 aromatic rings. The number of aryl methyl sites for hydroxylation is 2. The fourth-order valence-electron chi connectivity index (χ4n) is 4.04. The molecule has 0 fully saturated rings. The topological polar surface area (TPSA) is 76.3 Å². The van der Waals surface area contributed by atoms with E-state index in [1.807, 2.05) is 85.2 Å². The molecule has 0 aliphatic heterocycles. The first-order chi connectivity index (χ1) is 18.7. The van der Waals surface area contributed by atoms with Gasteiger partial charge in [-0.15, -0.1) is 67.9 Å². The Morgan fingerprint density at radius 3 is 1.27 bits per heavy atom. The molecule has 0 aliphatic carbocycles. The van der Waals surface area contributed by atoms with Crippen molar-refractivity contribution in [2.75, 3.05) is 0 Å². The number of pyridine rings is 4. The van der Waals surface area contributed by atoms with Gasteiger partial charge in [-0.1, -0.05) is 24.3 Å². The van der Waals surface area contributed by atoms with E-state index in [1.165, 1.54) is 0 Å². The van der Waals surface area contributed by atoms with Crippen LogP contribution < -0.4 is 0 Å². The largest absolute Gasteiger partial charge is 0.261 e. The van der Waals surface area contributed by atoms with Crippen LogP contribution in [0.3, 0.4) is 0 Å². The van der Waals surface area contributed by atoms with Gasteiger partial charge in [0.2, 0.25) is 0 Å². The minimum atomic E-state index is 0. The summed E-state index contributed by atoms with van der Waals surface area (Å²) in [6.07, 6.45) is 8.67. The Balaban J connectivity index is 0. The van der Waals surface area contributed by atoms with E-state index >= 15 is 0 Å². The summed E-state index contributed by atoms with van der Waals surface area (Å²) in [6.45, 7) is 4.12. The molecule has 0 spiro atoms. The average Bonchev–Trinajstić information content (AvgIpc) is 2.97. The monoisotopic (exact) mass is 928 g/mol. The first-order valence-electron chi connectivity index (χ1n) is 12.6. The third kappa shape index (κ3) is 12.5. The van der Waals surface area contributed by atoms with Crippen LogP contribution in [0.5, 0.6) is 0 Å². The minimum absolute atomic E-state index is 0. The van der Waals surface area contributed by atoms with Crippen molar-refractivity contribution in [3.63, 3.8) is 0 Å². The van der Waals surface area contributed by atoms with Crippen LogP contribution in [0.4, 0.5) is 11.4 Å². The maximum Gasteiger partial charge on any atom is 0.0889 e. The molecule has 44 heavy (non-hydrogen) atoms. The summed E-state index contributed by atoms with van der Waals surface area (Å²) >= 11 is 0. The van der Waals surface area contributed by atoms with Gasteiger partial charge in [-0.25, -0.2) is 0 Å². The molecule has 0 saturated heterocycles. The van der Waals surface area contributed by atoms with Gasteiger partial charge in [0.1, 0.15) is 0 Å². The zero-order chi connectivity index (χ0) is 26.2. The van der Waals surface area contributed by atoms with Crippen molar-refractivity contribution in [3.05, 3.63) is 120 Å². The molecule has 0 saturated carbocycles. The fourth-order valence-corrected chi connectivity index (χ4v) is 4.04. The number of benzene rings is 1. The molecule has 0 bridgehead atoms. The summed E-state index contributed by atoms with van der Waals surface area (Å²) in [7, 11) is 0. The first-order valence-corrected chi connectivity index (χ1v) is 12.6. The number of hydrogen-bond acceptors (Lipinski definition) is 6. The van der Waals surface area contributed by atoms with E-state index in [2.05, 4.69) is 35.9 Å². The molecule has 0 atom stereocenters. The van der Waals surface area contributed by atoms with Crippen LogP contribution in [0.25, 0.3) is 22.8 Å². The molecular formula is C32H32Br4Fe2N6. The van der Waals surface area contributed by atoms with Crippen LogP contribution in [0.2, 0.25) is 0 Å². The first kappa shape index (κ1) is 44.2. The molecule has 0 amide bonds. The summed E-state index contributed by atoms with van der Waals surface area (Å²) in [5.41, 5.74) is 9.39. The van der Waals surface area contributed by atoms with Crippen molar-refractivity contribution in [2.45, 2.75) is 26.7 Å². The maximum absolute atomic E-state index is 4.73. The third-order valence-corrected chi connectivity index (χ3v) is 6.04. The number of nitrogens with zero attached hydrogens (tertiary/aromatic N) is 6. The van der Waals surface area contributed by atoms with Gasteiger partial charge in [0.15, 0.2) is 0 Å². The Labute approximate surface area is 322 Å². The molecular weight excluding hydrogens is 900 g/mol. The van der Waals surface area contributed by atoms with Crippen molar-refractivity contribution in [1.82, 2.24) is 19.9 Å². The second kappa shape index (κ2) is 22.6. The Morgan fingerprint density at radius 1 is 0.523 bits per heavy atom. The van der Waals surface area contributed by atoms with Gasteiger partial charge in [-0.3, -0.25) is 29.9 Å². The summed E-state index contributed by atoms with van der Waals surface area (Å²) in [6, 6.07) is 27.8. The molecule has 0 N–H and O–H groups in total. The van der Waals surface area contributed by atoms with Crippen LogP contribution in [-0.2, 0) is 47.0 Å². The average molecular weight is 932 g/mol. The number of aromatic nitrogens is 4. The molecule has 4 aromatic heterocycles. The SMILES string of the molecule is Br.Br.Br.Br.Cc1cc(N=CCc2cccc(-c3ccccn3)n2)c(C)cc1N=CCc1cccc(-c2ccccn2)n1.[Fe].[Fe]. The van der Waals surface area contributed by atoms with Gasteiger partial charge >= 0.3 is 0 Å². The van der Waals surface area contributed by atoms with E-state index in [0.29, 0.717) is 12.8 Å². The molecule has 234 valence electrons. The van der Waals surface area contributed by atoms with E-state index in [-0.39, 0.29) is 102 Å². The predicted octanol–water partition coefficient (Wildman–Crippen LogP) is 9.41. The van der Waals surface area contributed by atoms with E-state index in [0.717, 1.165) is 56.7 Å². The van der Waals surface area contributed by atoms with E-state index in [4.69, 9.17) is 20.0 Å². The van der Waals surface area contributed by atoms with Crippen LogP contribution in [0.1, 0.15) is 22.5 Å². The standard InChI is InChI=1S/C32H28N6.4BrH.2Fe/c1-23-21-32(36-20-16-26-10-8-14-30(38-26)28-12-4-6-18-34-28)24(2)22-31(23)35-19-15-25-9-7-13-29(37-25)27-11-3-5-17-33-27;;;;;;/h3-14,17-22H,15-16H2,1-2H3;4*1H;;. The van der Waals surface area contributed by atoms with Crippen molar-refractivity contribution in [1.29, 1.82) is 0 Å². The zero-order valence-corrected chi connectivity index (χ0v) is 32.9. The Bertz CT molecular complexity index is 1490. The molecule has 6 nitrogen and oxygen atoms in total. The van der Waals surface area contributed by atoms with Crippen LogP contribution in [-0.4, -0.2) is 32.4 Å². The Hall–Kier alpha value is -1.88. The second-order valence-corrected chi connectivity index (χ2v) is 8.92. The van der Waals surface area contributed by atoms with Crippen molar-refractivity contribution >= 4 is 91.7 Å². The molecule has 4 heterocycles. The number of aliphatic imine (C=N–C) groups is 2. The molecule has 0 aliphatic rings. The normalized spacial score (nSPS) is 9.86. The molecule has 0 radical (unpaired) electrons. The molecule has 12 heteroatoms. The van der Waals surface area contributed by atoms with E-state index < -0.39 is 0 Å². The van der Waals surface area contributed by atoms with E-state index in [1.54, 1.807) is 12.4 Å². The number of halogens is 4. The van der Waals surface area contributed by atoms with Crippen LogP contribution >= 0.6 is 67.9 Å². The summed E-state index contributed by atoms with van der Waals surface area (Å²) in [5, 5.41) is 0. The summed E-state index contributed by atoms with van der Waals surface area (Å²) in [4.78, 5) is 27.7. The van der Waals surface area contributed by atoms with Gasteiger partial charge < -0.3 is 0 Å². The zero-order valence-electron chi connectivity index (χ0n) is 23.8. The van der Waals surface area contributed by atoms with Gasteiger partial charge in [-0.2, -0.15) is 0 Å². The second-order valence-electron chi connectivity index (χ2n) is 8.92. The van der Waals surface area contributed by atoms with Gasteiger partial charge in [0, 0.05) is 83.2 Å². The third-order valence-electron chi connectivity index (χ3n) is 6.04. The number of rotatable bonds is 8. The summed E-state index contributed by atoms with van der Waals surface area (Å²) < 4.78 is 0. The van der Waals surface area contributed by atoms with E-state index in [9.17, 15) is 0 Å². The van der Waals surface area contributed by atoms with Gasteiger partial charge in [-0.05, 0) is 85.6 Å². The smallest absolute Gasteiger partial charge is 0.0889 e. The van der Waals surface area contributed by atoms with Crippen molar-refractivity contribution < 1.29 is 34.1 Å². The Kier molecular flexibility index (Phi) is 22.7. The molecule has 0 unspecified atom stereocenters. The van der Waals surface area contributed by atoms with Gasteiger partial charge in [0.25, 0.3) is 0 Å². The maximum atomic E-state index is 4.73. The van der Waals surface area contributed by atoms with Crippen molar-refractivity contribution in [3.8, 4) is 22.8 Å². The van der Waals surface area contributed by atoms with Crippen LogP contribution in [0.15, 0.2) is 107 Å². The fraction of sp³-hybridized carbons (Fsp3) is 0.125. The van der Waals surface area contributed by atoms with Crippen LogP contribution in [0, 0.1) is 13.8 Å². The van der Waals surface area contributed by atoms with Crippen molar-refractivity contribution in [2.24, 2.45) is 9.98 Å². The quantitative estimate of drug-likeness (QED) is 0.115. The number of hydrogen-bond donors (Lipinski definition) is 0. The molecule has 5 rings (SSSR count). The van der Waals surface area contributed by atoms with Gasteiger partial charge in [0.05, 0.1) is 34.2 Å². The summed E-state index contributed by atoms with van der Waals surface area (Å²) in [5.74, 6) is 0. The Morgan fingerprint density at radius 2 is 0.909 bits per heavy atom. The minimum Gasteiger partial charge on any atom is -0.261 e. The predicted molar refractivity (Wildman–Crippen MR) is 196 cm³/mol. The molecule has 1 aromatic carbocycles.